The highest BCUT2D eigenvalue weighted by Gasteiger charge is 2.23. The molecule has 1 aromatic heterocycles. The third kappa shape index (κ3) is 3.46. The van der Waals surface area contributed by atoms with Crippen LogP contribution in [0, 0.1) is 6.92 Å². The van der Waals surface area contributed by atoms with Crippen LogP contribution in [0.4, 0.5) is 11.4 Å². The molecule has 1 aliphatic rings. The number of aryl methyl sites for hydroxylation is 1. The highest BCUT2D eigenvalue weighted by Crippen LogP contribution is 2.34. The topological polar surface area (TPSA) is 74.4 Å². The molecule has 6 heteroatoms. The van der Waals surface area contributed by atoms with Gasteiger partial charge in [-0.3, -0.25) is 9.59 Å². The van der Waals surface area contributed by atoms with Gasteiger partial charge in [0.15, 0.2) is 5.78 Å². The Morgan fingerprint density at radius 2 is 1.86 bits per heavy atom. The van der Waals surface area contributed by atoms with E-state index in [2.05, 4.69) is 15.2 Å². The third-order valence-corrected chi connectivity index (χ3v) is 5.49. The normalized spacial score (nSPS) is 13.7. The number of ketones is 1. The van der Waals surface area contributed by atoms with Crippen LogP contribution >= 0.6 is 0 Å². The van der Waals surface area contributed by atoms with Gasteiger partial charge in [0.05, 0.1) is 24.0 Å². The second-order valence-corrected chi connectivity index (χ2v) is 7.45. The number of carbonyl (C=O) groups is 2. The number of nitrogens with one attached hydrogen (secondary N) is 2. The number of hydrogen-bond acceptors (Lipinski definition) is 4. The summed E-state index contributed by atoms with van der Waals surface area (Å²) in [5.74, 6) is 0.359. The number of aromatic nitrogens is 1. The summed E-state index contributed by atoms with van der Waals surface area (Å²) in [7, 11) is 1.57. The van der Waals surface area contributed by atoms with Crippen molar-refractivity contribution in [3.05, 3.63) is 53.2 Å². The fourth-order valence-electron chi connectivity index (χ4n) is 4.14. The minimum absolute atomic E-state index is 0.0107. The molecule has 2 aromatic carbocycles. The zero-order valence-corrected chi connectivity index (χ0v) is 17.0. The molecule has 2 N–H and O–H groups in total. The summed E-state index contributed by atoms with van der Waals surface area (Å²) in [6.45, 7) is 5.35. The van der Waals surface area contributed by atoms with Gasteiger partial charge in [-0.05, 0) is 51.0 Å². The quantitative estimate of drug-likeness (QED) is 0.626. The van der Waals surface area contributed by atoms with Gasteiger partial charge in [-0.1, -0.05) is 12.1 Å². The number of Topliss-reactive ketones (excluding diaryl/α,β-unsaturated/α-hetero) is 1. The van der Waals surface area contributed by atoms with Crippen molar-refractivity contribution in [3.63, 3.8) is 0 Å². The predicted molar refractivity (Wildman–Crippen MR) is 115 cm³/mol. The minimum Gasteiger partial charge on any atom is -0.495 e. The summed E-state index contributed by atoms with van der Waals surface area (Å²) in [4.78, 5) is 31.0. The number of methoxy groups -OCH3 is 1. The molecule has 0 atom stereocenters. The van der Waals surface area contributed by atoms with E-state index in [1.807, 2.05) is 25.1 Å². The average molecular weight is 391 g/mol. The molecule has 0 unspecified atom stereocenters. The summed E-state index contributed by atoms with van der Waals surface area (Å²) in [6.07, 6.45) is 2.25. The van der Waals surface area contributed by atoms with Crippen LogP contribution in [0.15, 0.2) is 36.4 Å². The van der Waals surface area contributed by atoms with Crippen LogP contribution in [0.25, 0.3) is 10.9 Å². The van der Waals surface area contributed by atoms with Crippen LogP contribution in [-0.2, 0) is 0 Å². The Morgan fingerprint density at radius 3 is 2.55 bits per heavy atom. The van der Waals surface area contributed by atoms with Gasteiger partial charge in [0, 0.05) is 35.3 Å². The van der Waals surface area contributed by atoms with Crippen molar-refractivity contribution in [1.82, 2.24) is 4.98 Å². The van der Waals surface area contributed by atoms with E-state index in [1.54, 1.807) is 32.2 Å². The fraction of sp³-hybridized carbons (Fsp3) is 0.304. The smallest absolute Gasteiger partial charge is 0.255 e. The molecule has 0 bridgehead atoms. The predicted octanol–water partition coefficient (Wildman–Crippen LogP) is 4.54. The summed E-state index contributed by atoms with van der Waals surface area (Å²) in [6, 6.07) is 11.0. The van der Waals surface area contributed by atoms with Crippen molar-refractivity contribution in [2.75, 3.05) is 30.4 Å². The highest BCUT2D eigenvalue weighted by atomic mass is 16.5. The second kappa shape index (κ2) is 7.62. The van der Waals surface area contributed by atoms with E-state index >= 15 is 0 Å². The van der Waals surface area contributed by atoms with E-state index < -0.39 is 0 Å². The van der Waals surface area contributed by atoms with E-state index in [1.165, 1.54) is 0 Å². The number of aromatic amines is 1. The van der Waals surface area contributed by atoms with E-state index in [-0.39, 0.29) is 11.7 Å². The molecule has 2 heterocycles. The van der Waals surface area contributed by atoms with Crippen molar-refractivity contribution in [1.29, 1.82) is 0 Å². The van der Waals surface area contributed by atoms with E-state index in [4.69, 9.17) is 4.74 Å². The molecule has 0 aliphatic carbocycles. The molecule has 4 rings (SSSR count). The van der Waals surface area contributed by atoms with Gasteiger partial charge in [-0.15, -0.1) is 0 Å². The van der Waals surface area contributed by atoms with E-state index in [0.29, 0.717) is 22.6 Å². The number of ether oxygens (including phenoxy) is 1. The van der Waals surface area contributed by atoms with Gasteiger partial charge >= 0.3 is 0 Å². The molecule has 6 nitrogen and oxygen atoms in total. The first-order valence-electron chi connectivity index (χ1n) is 9.86. The maximum atomic E-state index is 13.1. The molecule has 0 spiro atoms. The number of fused-ring (bicyclic) bond motifs is 1. The molecule has 0 saturated carbocycles. The largest absolute Gasteiger partial charge is 0.495 e. The molecule has 1 aliphatic heterocycles. The molecule has 1 fully saturated rings. The van der Waals surface area contributed by atoms with Gasteiger partial charge in [0.2, 0.25) is 0 Å². The number of para-hydroxylation sites is 2. The Labute approximate surface area is 169 Å². The minimum atomic E-state index is -0.231. The van der Waals surface area contributed by atoms with Crippen LogP contribution < -0.4 is 15.0 Å². The lowest BCUT2D eigenvalue weighted by molar-refractivity contribution is 0.101. The summed E-state index contributed by atoms with van der Waals surface area (Å²) in [5, 5.41) is 3.73. The Kier molecular flexibility index (Phi) is 5.01. The zero-order valence-electron chi connectivity index (χ0n) is 17.0. The van der Waals surface area contributed by atoms with E-state index in [0.717, 1.165) is 48.2 Å². The lowest BCUT2D eigenvalue weighted by Crippen LogP contribution is -2.19. The second-order valence-electron chi connectivity index (χ2n) is 7.45. The Hall–Kier alpha value is -3.28. The number of nitrogens with zero attached hydrogens (tertiary/aromatic N) is 1. The molecule has 1 amide bonds. The number of amides is 1. The van der Waals surface area contributed by atoms with E-state index in [9.17, 15) is 9.59 Å². The molecule has 1 saturated heterocycles. The van der Waals surface area contributed by atoms with Gasteiger partial charge in [0.25, 0.3) is 5.91 Å². The monoisotopic (exact) mass is 391 g/mol. The summed E-state index contributed by atoms with van der Waals surface area (Å²) < 4.78 is 5.34. The fourth-order valence-corrected chi connectivity index (χ4v) is 4.14. The number of anilines is 2. The molecule has 0 radical (unpaired) electrons. The Balaban J connectivity index is 1.82. The Bertz CT molecular complexity index is 1090. The number of benzene rings is 2. The molecule has 3 aromatic rings. The van der Waals surface area contributed by atoms with Crippen LogP contribution in [0.5, 0.6) is 5.75 Å². The van der Waals surface area contributed by atoms with Crippen molar-refractivity contribution < 1.29 is 14.3 Å². The zero-order chi connectivity index (χ0) is 20.5. The SMILES string of the molecule is COc1ccccc1NC(=O)c1cc(N2CCCC2)c2[nH]c(C)c(C(C)=O)c2c1. The van der Waals surface area contributed by atoms with Gasteiger partial charge in [0.1, 0.15) is 5.75 Å². The molecular weight excluding hydrogens is 366 g/mol. The van der Waals surface area contributed by atoms with Gasteiger partial charge in [-0.25, -0.2) is 0 Å². The lowest BCUT2D eigenvalue weighted by atomic mass is 10.0. The molecular formula is C23H25N3O3. The van der Waals surface area contributed by atoms with Crippen molar-refractivity contribution in [2.24, 2.45) is 0 Å². The number of hydrogen-bond donors (Lipinski definition) is 2. The number of carbonyl (C=O) groups excluding carboxylic acids is 2. The number of rotatable bonds is 5. The van der Waals surface area contributed by atoms with Crippen LogP contribution in [0.3, 0.4) is 0 Å². The summed E-state index contributed by atoms with van der Waals surface area (Å²) in [5.41, 5.74) is 4.50. The lowest BCUT2D eigenvalue weighted by Gasteiger charge is -2.20. The standard InChI is InChI=1S/C23H25N3O3/c1-14-21(15(2)27)17-12-16(13-19(22(17)24-14)26-10-6-7-11-26)23(28)25-18-8-4-5-9-20(18)29-3/h4-5,8-9,12-13,24H,6-7,10-11H2,1-3H3,(H,25,28). The van der Waals surface area contributed by atoms with Crippen LogP contribution in [0.2, 0.25) is 0 Å². The highest BCUT2D eigenvalue weighted by molar-refractivity contribution is 6.15. The summed E-state index contributed by atoms with van der Waals surface area (Å²) >= 11 is 0. The maximum Gasteiger partial charge on any atom is 0.255 e. The van der Waals surface area contributed by atoms with Crippen LogP contribution in [-0.4, -0.2) is 36.9 Å². The Morgan fingerprint density at radius 1 is 1.14 bits per heavy atom. The molecule has 29 heavy (non-hydrogen) atoms. The van der Waals surface area contributed by atoms with Gasteiger partial charge < -0.3 is 19.9 Å². The van der Waals surface area contributed by atoms with Crippen molar-refractivity contribution in [2.45, 2.75) is 26.7 Å². The first-order valence-corrected chi connectivity index (χ1v) is 9.86. The average Bonchev–Trinajstić information content (AvgIpc) is 3.34. The van der Waals surface area contributed by atoms with Gasteiger partial charge in [-0.2, -0.15) is 0 Å². The first-order chi connectivity index (χ1) is 14.0. The van der Waals surface area contributed by atoms with Crippen LogP contribution in [0.1, 0.15) is 46.2 Å². The third-order valence-electron chi connectivity index (χ3n) is 5.49. The van der Waals surface area contributed by atoms with Crippen molar-refractivity contribution in [3.8, 4) is 5.75 Å². The first kappa shape index (κ1) is 19.1. The van der Waals surface area contributed by atoms with Crippen molar-refractivity contribution >= 4 is 34.0 Å². The molecule has 150 valence electrons. The number of H-pyrrole nitrogens is 1. The maximum absolute atomic E-state index is 13.1.